The summed E-state index contributed by atoms with van der Waals surface area (Å²) in [6.45, 7) is 3.91. The molecule has 4 N–H and O–H groups in total. The van der Waals surface area contributed by atoms with Gasteiger partial charge in [-0.05, 0) is 0 Å². The maximum absolute atomic E-state index is 11.0. The van der Waals surface area contributed by atoms with Crippen LogP contribution in [0.3, 0.4) is 0 Å². The first-order chi connectivity index (χ1) is 22.8. The Morgan fingerprint density at radius 2 is 0.531 bits per heavy atom. The van der Waals surface area contributed by atoms with Gasteiger partial charge in [-0.25, -0.2) is 0 Å². The Labute approximate surface area is 277 Å². The molecule has 4 rings (SSSR count). The van der Waals surface area contributed by atoms with Crippen molar-refractivity contribution in [2.45, 2.75) is 27.7 Å². The van der Waals surface area contributed by atoms with E-state index < -0.39 is 29.3 Å². The summed E-state index contributed by atoms with van der Waals surface area (Å²) in [5, 5.41) is 8.11. The van der Waals surface area contributed by atoms with Gasteiger partial charge in [-0.1, -0.05) is 0 Å². The minimum atomic E-state index is -1.14. The second kappa shape index (κ2) is 22.0. The molecule has 0 atom stereocenters. The fourth-order valence-electron chi connectivity index (χ4n) is 2.69. The first-order valence-electron chi connectivity index (χ1n) is 13.5. The van der Waals surface area contributed by atoms with Crippen LogP contribution in [0, 0.1) is 5.41 Å². The molecule has 4 aliphatic rings. The van der Waals surface area contributed by atoms with Crippen LogP contribution in [0.25, 0.3) is 0 Å². The molecule has 49 heavy (non-hydrogen) atoms. The zero-order valence-electron chi connectivity index (χ0n) is 26.5. The highest BCUT2D eigenvalue weighted by Crippen LogP contribution is 2.21. The minimum absolute atomic E-state index is 0.226. The van der Waals surface area contributed by atoms with Crippen molar-refractivity contribution in [3.05, 3.63) is 48.6 Å². The van der Waals surface area contributed by atoms with Crippen molar-refractivity contribution >= 4 is 71.1 Å². The minimum Gasteiger partial charge on any atom is -0.465 e. The molecule has 0 unspecified atom stereocenters. The van der Waals surface area contributed by atoms with Crippen LogP contribution in [0.15, 0.2) is 48.6 Å². The van der Waals surface area contributed by atoms with E-state index in [1.165, 1.54) is 76.3 Å². The van der Waals surface area contributed by atoms with Gasteiger partial charge < -0.3 is 18.9 Å². The van der Waals surface area contributed by atoms with Crippen molar-refractivity contribution in [2.24, 2.45) is 5.41 Å². The Kier molecular flexibility index (Phi) is 19.1. The number of ether oxygens (including phenoxy) is 4. The van der Waals surface area contributed by atoms with Gasteiger partial charge in [0.05, 0.1) is 0 Å². The predicted molar refractivity (Wildman–Crippen MR) is 158 cm³/mol. The van der Waals surface area contributed by atoms with Crippen molar-refractivity contribution in [1.29, 1.82) is 0 Å². The summed E-state index contributed by atoms with van der Waals surface area (Å²) < 4.78 is 19.6. The number of rotatable bonds is 8. The zero-order valence-corrected chi connectivity index (χ0v) is 26.5. The number of hydrogen-bond donors (Lipinski definition) is 4. The maximum Gasteiger partial charge on any atom is 0.302 e. The molecule has 0 fully saturated rings. The van der Waals surface area contributed by atoms with E-state index in [1.807, 2.05) is 21.3 Å². The fraction of sp³-hybridized carbons (Fsp3) is 0.310. The molecular weight excluding hydrogens is 660 g/mol. The number of carbonyl (C=O) groups excluding carboxylic acids is 12. The van der Waals surface area contributed by atoms with Gasteiger partial charge in [0.1, 0.15) is 31.8 Å². The molecule has 264 valence electrons. The number of imide groups is 4. The summed E-state index contributed by atoms with van der Waals surface area (Å²) in [7, 11) is 0. The monoisotopic (exact) mass is 692 g/mol. The Hall–Kier alpha value is -6.60. The molecule has 20 heteroatoms. The average Bonchev–Trinajstić information content (AvgIpc) is 3.79. The first-order valence-corrected chi connectivity index (χ1v) is 13.5. The number of amides is 8. The van der Waals surface area contributed by atoms with E-state index in [1.54, 1.807) is 0 Å². The number of carbonyl (C=O) groups is 12. The van der Waals surface area contributed by atoms with Crippen LogP contribution < -0.4 is 21.3 Å². The average molecular weight is 693 g/mol. The van der Waals surface area contributed by atoms with Gasteiger partial charge in [0.15, 0.2) is 0 Å². The third kappa shape index (κ3) is 22.5. The van der Waals surface area contributed by atoms with Crippen LogP contribution in [0.5, 0.6) is 0 Å². The van der Waals surface area contributed by atoms with Crippen LogP contribution in [-0.2, 0) is 76.5 Å². The third-order valence-corrected chi connectivity index (χ3v) is 4.86. The van der Waals surface area contributed by atoms with Crippen molar-refractivity contribution < 1.29 is 76.5 Å². The molecule has 8 amide bonds. The summed E-state index contributed by atoms with van der Waals surface area (Å²) in [5.41, 5.74) is -1.14. The lowest BCUT2D eigenvalue weighted by atomic mass is 9.92. The molecule has 0 aliphatic carbocycles. The molecule has 0 bridgehead atoms. The van der Waals surface area contributed by atoms with Gasteiger partial charge in [-0.3, -0.25) is 78.8 Å². The smallest absolute Gasteiger partial charge is 0.302 e. The quantitative estimate of drug-likeness (QED) is 0.112. The standard InChI is InChI=1S/C13H20O8.4C4H3NO2/c1-9(14)18-5-13(6-19-10(2)15,7-20-11(3)16)8-21-12(4)17;4*6-3-1-2-4(7)5-3/h5-8H2,1-4H3;4*1-2H,(H,5,6,7). The van der Waals surface area contributed by atoms with E-state index in [2.05, 4.69) is 0 Å². The van der Waals surface area contributed by atoms with E-state index in [4.69, 9.17) is 18.9 Å². The predicted octanol–water partition coefficient (Wildman–Crippen LogP) is -2.98. The molecule has 0 aromatic carbocycles. The molecule has 0 aromatic rings. The normalized spacial score (nSPS) is 14.6. The number of nitrogens with one attached hydrogen (secondary N) is 4. The Balaban J connectivity index is 0.000000663. The van der Waals surface area contributed by atoms with Crippen molar-refractivity contribution in [3.63, 3.8) is 0 Å². The number of hydrogen-bond acceptors (Lipinski definition) is 16. The van der Waals surface area contributed by atoms with Gasteiger partial charge in [0, 0.05) is 76.3 Å². The number of esters is 4. The summed E-state index contributed by atoms with van der Waals surface area (Å²) in [6, 6.07) is 0. The maximum atomic E-state index is 11.0. The van der Waals surface area contributed by atoms with E-state index in [9.17, 15) is 57.5 Å². The van der Waals surface area contributed by atoms with E-state index in [0.29, 0.717) is 0 Å². The van der Waals surface area contributed by atoms with Crippen LogP contribution in [0.4, 0.5) is 0 Å². The molecule has 20 nitrogen and oxygen atoms in total. The second-order valence-corrected chi connectivity index (χ2v) is 9.37. The van der Waals surface area contributed by atoms with Gasteiger partial charge in [-0.15, -0.1) is 0 Å². The molecular formula is C29H32N4O16. The largest absolute Gasteiger partial charge is 0.465 e. The summed E-state index contributed by atoms with van der Waals surface area (Å²) in [4.78, 5) is 124. The first kappa shape index (κ1) is 42.4. The Morgan fingerprint density at radius 3 is 0.612 bits per heavy atom. The van der Waals surface area contributed by atoms with Crippen LogP contribution in [-0.4, -0.2) is 97.6 Å². The lowest BCUT2D eigenvalue weighted by Gasteiger charge is -2.30. The molecule has 4 heterocycles. The van der Waals surface area contributed by atoms with Crippen LogP contribution in [0.2, 0.25) is 0 Å². The molecule has 0 aromatic heterocycles. The van der Waals surface area contributed by atoms with Gasteiger partial charge >= 0.3 is 23.9 Å². The van der Waals surface area contributed by atoms with Crippen LogP contribution >= 0.6 is 0 Å². The van der Waals surface area contributed by atoms with Gasteiger partial charge in [-0.2, -0.15) is 0 Å². The summed E-state index contributed by atoms with van der Waals surface area (Å²) in [6.07, 6.45) is 9.57. The zero-order chi connectivity index (χ0) is 37.6. The molecule has 4 aliphatic heterocycles. The van der Waals surface area contributed by atoms with E-state index in [-0.39, 0.29) is 73.7 Å². The fourth-order valence-corrected chi connectivity index (χ4v) is 2.69. The highest BCUT2D eigenvalue weighted by atomic mass is 16.6. The highest BCUT2D eigenvalue weighted by molar-refractivity contribution is 6.14. The lowest BCUT2D eigenvalue weighted by molar-refractivity contribution is -0.168. The molecule has 0 saturated carbocycles. The molecule has 0 radical (unpaired) electrons. The van der Waals surface area contributed by atoms with Crippen LogP contribution in [0.1, 0.15) is 27.7 Å². The SMILES string of the molecule is CC(=O)OCC(COC(C)=O)(COC(C)=O)COC(C)=O.O=C1C=CC(=O)N1.O=C1C=CC(=O)N1.O=C1C=CC(=O)N1.O=C1C=CC(=O)N1. The van der Waals surface area contributed by atoms with E-state index >= 15 is 0 Å². The van der Waals surface area contributed by atoms with Crippen molar-refractivity contribution in [3.8, 4) is 0 Å². The van der Waals surface area contributed by atoms with Crippen molar-refractivity contribution in [1.82, 2.24) is 21.3 Å². The second-order valence-electron chi connectivity index (χ2n) is 9.37. The lowest BCUT2D eigenvalue weighted by Crippen LogP contribution is -2.43. The summed E-state index contributed by atoms with van der Waals surface area (Å²) in [5.74, 6) is -4.88. The molecule has 0 spiro atoms. The highest BCUT2D eigenvalue weighted by Gasteiger charge is 2.37. The molecule has 0 saturated heterocycles. The summed E-state index contributed by atoms with van der Waals surface area (Å²) >= 11 is 0. The van der Waals surface area contributed by atoms with Gasteiger partial charge in [0.25, 0.3) is 47.3 Å². The van der Waals surface area contributed by atoms with Crippen molar-refractivity contribution in [2.75, 3.05) is 26.4 Å². The Morgan fingerprint density at radius 1 is 0.388 bits per heavy atom. The Bertz CT molecular complexity index is 1200. The van der Waals surface area contributed by atoms with Gasteiger partial charge in [0.2, 0.25) is 0 Å². The topological polar surface area (TPSA) is 290 Å². The van der Waals surface area contributed by atoms with E-state index in [0.717, 1.165) is 0 Å². The third-order valence-electron chi connectivity index (χ3n) is 4.86.